The Morgan fingerprint density at radius 3 is 1.49 bits per heavy atom. The van der Waals surface area contributed by atoms with E-state index in [2.05, 4.69) is 16.7 Å². The maximum absolute atomic E-state index is 7.61. The van der Waals surface area contributed by atoms with Gasteiger partial charge in [0.2, 0.25) is 0 Å². The van der Waals surface area contributed by atoms with Crippen LogP contribution in [0.2, 0.25) is 0 Å². The van der Waals surface area contributed by atoms with Gasteiger partial charge in [-0.15, -0.1) is 0 Å². The van der Waals surface area contributed by atoms with Crippen molar-refractivity contribution >= 4 is 11.8 Å². The fourth-order valence-corrected chi connectivity index (χ4v) is 22.4. The summed E-state index contributed by atoms with van der Waals surface area (Å²) in [5.74, 6) is 14.3. The Balaban J connectivity index is 0.707. The predicted molar refractivity (Wildman–Crippen MR) is 247 cm³/mol. The van der Waals surface area contributed by atoms with Gasteiger partial charge in [-0.1, -0.05) is 70.6 Å². The van der Waals surface area contributed by atoms with Gasteiger partial charge in [-0.05, 0) is 231 Å². The molecule has 10 aliphatic carbocycles. The SMILES string of the molecule is C1CCC(C2CCC(N(C3CCC(C4CCC5CCC6CCCCC6C5C4)CC3)C3CCC(C4CCCC5C6CCC7SC8CCCCC8C7C6OC45)CC3)CC2)CC1. The van der Waals surface area contributed by atoms with Crippen molar-refractivity contribution in [1.29, 1.82) is 0 Å². The van der Waals surface area contributed by atoms with Gasteiger partial charge < -0.3 is 4.74 Å². The Morgan fingerprint density at radius 2 is 0.763 bits per heavy atom. The van der Waals surface area contributed by atoms with Crippen molar-refractivity contribution in [2.75, 3.05) is 0 Å². The fraction of sp³-hybridized carbons (Fsp3) is 1.00. The smallest absolute Gasteiger partial charge is 0.0652 e. The lowest BCUT2D eigenvalue weighted by molar-refractivity contribution is -0.0778. The van der Waals surface area contributed by atoms with Gasteiger partial charge in [0.05, 0.1) is 12.2 Å². The molecule has 0 aromatic carbocycles. The molecule has 2 nitrogen and oxygen atoms in total. The van der Waals surface area contributed by atoms with Crippen molar-refractivity contribution in [2.24, 2.45) is 82.9 Å². The van der Waals surface area contributed by atoms with Gasteiger partial charge in [0.25, 0.3) is 0 Å². The zero-order valence-corrected chi connectivity index (χ0v) is 39.0. The highest BCUT2D eigenvalue weighted by Gasteiger charge is 2.60. The predicted octanol–water partition coefficient (Wildman–Crippen LogP) is 15.1. The maximum Gasteiger partial charge on any atom is 0.0652 e. The first-order valence-corrected chi connectivity index (χ1v) is 29.3. The quantitative estimate of drug-likeness (QED) is 0.265. The molecule has 332 valence electrons. The average molecular weight is 826 g/mol. The lowest BCUT2D eigenvalue weighted by atomic mass is 9.55. The molecule has 0 radical (unpaired) electrons. The van der Waals surface area contributed by atoms with Gasteiger partial charge >= 0.3 is 0 Å². The lowest BCUT2D eigenvalue weighted by Crippen LogP contribution is -2.53. The molecule has 2 saturated heterocycles. The molecular weight excluding hydrogens is 735 g/mol. The lowest BCUT2D eigenvalue weighted by Gasteiger charge is -2.53. The molecule has 14 unspecified atom stereocenters. The summed E-state index contributed by atoms with van der Waals surface area (Å²) in [5, 5.41) is 1.92. The first-order valence-electron chi connectivity index (χ1n) is 28.3. The van der Waals surface area contributed by atoms with E-state index in [0.717, 1.165) is 111 Å². The number of nitrogens with zero attached hydrogens (tertiary/aromatic N) is 1. The van der Waals surface area contributed by atoms with E-state index >= 15 is 0 Å². The molecule has 0 spiro atoms. The van der Waals surface area contributed by atoms with Crippen LogP contribution in [-0.2, 0) is 4.74 Å². The van der Waals surface area contributed by atoms with E-state index in [0.29, 0.717) is 12.2 Å². The second-order valence-electron chi connectivity index (χ2n) is 25.1. The van der Waals surface area contributed by atoms with Crippen molar-refractivity contribution < 1.29 is 4.74 Å². The van der Waals surface area contributed by atoms with Gasteiger partial charge in [0, 0.05) is 34.5 Å². The molecule has 10 saturated carbocycles. The minimum atomic E-state index is 0.626. The molecule has 0 aromatic heterocycles. The third kappa shape index (κ3) is 7.85. The highest BCUT2D eigenvalue weighted by molar-refractivity contribution is 8.00. The van der Waals surface area contributed by atoms with Crippen LogP contribution in [0.5, 0.6) is 0 Å². The fourth-order valence-electron chi connectivity index (χ4n) is 20.3. The molecule has 0 bridgehead atoms. The molecule has 12 fully saturated rings. The van der Waals surface area contributed by atoms with Crippen molar-refractivity contribution in [2.45, 2.75) is 266 Å². The summed E-state index contributed by atoms with van der Waals surface area (Å²) in [6.45, 7) is 0. The molecule has 0 N–H and O–H groups in total. The van der Waals surface area contributed by atoms with Gasteiger partial charge in [0.1, 0.15) is 0 Å². The molecule has 12 rings (SSSR count). The molecule has 59 heavy (non-hydrogen) atoms. The third-order valence-electron chi connectivity index (χ3n) is 23.0. The minimum absolute atomic E-state index is 0.626. The van der Waals surface area contributed by atoms with Crippen molar-refractivity contribution in [3.05, 3.63) is 0 Å². The van der Waals surface area contributed by atoms with Crippen LogP contribution in [0.3, 0.4) is 0 Å². The van der Waals surface area contributed by atoms with Gasteiger partial charge in [-0.25, -0.2) is 0 Å². The Bertz CT molecular complexity index is 1370. The highest BCUT2D eigenvalue weighted by atomic mass is 32.2. The molecule has 14 atom stereocenters. The van der Waals surface area contributed by atoms with E-state index in [1.807, 2.05) is 0 Å². The third-order valence-corrected chi connectivity index (χ3v) is 24.8. The van der Waals surface area contributed by atoms with Crippen molar-refractivity contribution in [3.8, 4) is 0 Å². The standard InChI is InChI=1S/C56H91NOS/c1-2-9-36(10-3-1)37-21-27-43(28-22-37)57(44-29-23-38(24-30-44)42-20-19-41-18-17-39-11-4-5-12-46(39)51(41)35-42)45-31-25-40(26-32-45)47-14-8-15-48-49-33-34-53-54(56(49)58-55(47)48)50-13-6-7-16-52(50)59-53/h36-56H,1-35H2. The van der Waals surface area contributed by atoms with Crippen LogP contribution in [0.25, 0.3) is 0 Å². The van der Waals surface area contributed by atoms with E-state index in [9.17, 15) is 0 Å². The minimum Gasteiger partial charge on any atom is -0.374 e. The molecule has 2 heterocycles. The summed E-state index contributed by atoms with van der Waals surface area (Å²) in [4.78, 5) is 3.37. The Hall–Kier alpha value is 0.270. The normalized spacial score (nSPS) is 53.0. The summed E-state index contributed by atoms with van der Waals surface area (Å²) >= 11 is 2.45. The number of hydrogen-bond acceptors (Lipinski definition) is 3. The van der Waals surface area contributed by atoms with E-state index in [4.69, 9.17) is 4.74 Å². The first-order chi connectivity index (χ1) is 29.2. The zero-order valence-electron chi connectivity index (χ0n) is 38.1. The Morgan fingerprint density at radius 1 is 0.288 bits per heavy atom. The van der Waals surface area contributed by atoms with Crippen LogP contribution in [0.4, 0.5) is 0 Å². The van der Waals surface area contributed by atoms with Gasteiger partial charge in [0.15, 0.2) is 0 Å². The molecule has 12 aliphatic rings. The van der Waals surface area contributed by atoms with Crippen LogP contribution < -0.4 is 0 Å². The van der Waals surface area contributed by atoms with Crippen LogP contribution in [0.1, 0.15) is 225 Å². The maximum atomic E-state index is 7.61. The van der Waals surface area contributed by atoms with E-state index in [-0.39, 0.29) is 0 Å². The largest absolute Gasteiger partial charge is 0.374 e. The summed E-state index contributed by atoms with van der Waals surface area (Å²) in [6.07, 6.45) is 55.4. The van der Waals surface area contributed by atoms with Crippen LogP contribution in [0, 0.1) is 82.9 Å². The summed E-state index contributed by atoms with van der Waals surface area (Å²) < 4.78 is 7.61. The molecular formula is C56H91NOS. The number of hydrogen-bond donors (Lipinski definition) is 0. The molecule has 2 aliphatic heterocycles. The van der Waals surface area contributed by atoms with Crippen molar-refractivity contribution in [3.63, 3.8) is 0 Å². The van der Waals surface area contributed by atoms with E-state index in [1.165, 1.54) is 103 Å². The van der Waals surface area contributed by atoms with Crippen LogP contribution in [-0.4, -0.2) is 45.7 Å². The van der Waals surface area contributed by atoms with E-state index in [1.54, 1.807) is 122 Å². The van der Waals surface area contributed by atoms with Crippen LogP contribution in [0.15, 0.2) is 0 Å². The Labute approximate surface area is 368 Å². The topological polar surface area (TPSA) is 12.5 Å². The molecule has 3 heteroatoms. The number of ether oxygens (including phenoxy) is 1. The number of rotatable bonds is 6. The first kappa shape index (κ1) is 40.8. The number of fused-ring (bicyclic) bond motifs is 10. The average Bonchev–Trinajstić information content (AvgIpc) is 3.89. The van der Waals surface area contributed by atoms with Gasteiger partial charge in [-0.3, -0.25) is 4.90 Å². The molecule has 0 amide bonds. The highest BCUT2D eigenvalue weighted by Crippen LogP contribution is 2.62. The van der Waals surface area contributed by atoms with E-state index < -0.39 is 0 Å². The summed E-state index contributed by atoms with van der Waals surface area (Å²) in [5.41, 5.74) is 0. The second-order valence-corrected chi connectivity index (χ2v) is 26.6. The number of thioether (sulfide) groups is 1. The molecule has 0 aromatic rings. The monoisotopic (exact) mass is 826 g/mol. The summed E-state index contributed by atoms with van der Waals surface area (Å²) in [6, 6.07) is 2.69. The zero-order chi connectivity index (χ0) is 38.9. The van der Waals surface area contributed by atoms with Gasteiger partial charge in [-0.2, -0.15) is 11.8 Å². The van der Waals surface area contributed by atoms with Crippen LogP contribution >= 0.6 is 11.8 Å². The second kappa shape index (κ2) is 17.9. The summed E-state index contributed by atoms with van der Waals surface area (Å²) in [7, 11) is 0. The Kier molecular flexibility index (Phi) is 12.4. The van der Waals surface area contributed by atoms with Crippen molar-refractivity contribution in [1.82, 2.24) is 4.90 Å².